The van der Waals surface area contributed by atoms with Crippen LogP contribution in [0.1, 0.15) is 25.7 Å². The first-order valence-electron chi connectivity index (χ1n) is 5.79. The maximum absolute atomic E-state index is 11.1. The highest BCUT2D eigenvalue weighted by molar-refractivity contribution is 5.79. The fraction of sp³-hybridized carbons (Fsp3) is 0.545. The summed E-state index contributed by atoms with van der Waals surface area (Å²) in [6.45, 7) is 0.184. The van der Waals surface area contributed by atoms with Gasteiger partial charge >= 0.3 is 0 Å². The molecule has 0 unspecified atom stereocenters. The fourth-order valence-electron chi connectivity index (χ4n) is 2.26. The Balaban J connectivity index is 2.19. The van der Waals surface area contributed by atoms with Gasteiger partial charge in [0.25, 0.3) is 0 Å². The standard InChI is InChI=1S/C11H17N5O/c12-9-5-15-11(6-14-9)16(7-10(13)17)8-3-1-2-4-8/h5-6,8H,1-4,7H2,(H2,12,14)(H2,13,17). The van der Waals surface area contributed by atoms with Crippen LogP contribution in [-0.2, 0) is 4.79 Å². The summed E-state index contributed by atoms with van der Waals surface area (Å²) in [5.41, 5.74) is 10.8. The minimum Gasteiger partial charge on any atom is -0.382 e. The third-order valence-electron chi connectivity index (χ3n) is 3.04. The number of aromatic nitrogens is 2. The molecule has 1 saturated carbocycles. The van der Waals surface area contributed by atoms with Crippen molar-refractivity contribution in [3.8, 4) is 0 Å². The quantitative estimate of drug-likeness (QED) is 0.781. The van der Waals surface area contributed by atoms with E-state index in [0.29, 0.717) is 17.7 Å². The Morgan fingerprint density at radius 2 is 2.06 bits per heavy atom. The first-order valence-corrected chi connectivity index (χ1v) is 5.79. The largest absolute Gasteiger partial charge is 0.382 e. The molecule has 92 valence electrons. The number of nitrogen functional groups attached to an aromatic ring is 1. The molecule has 6 nitrogen and oxygen atoms in total. The molecule has 1 heterocycles. The van der Waals surface area contributed by atoms with Crippen LogP contribution in [0, 0.1) is 0 Å². The number of anilines is 2. The molecule has 1 aliphatic carbocycles. The van der Waals surface area contributed by atoms with Gasteiger partial charge in [0.05, 0.1) is 18.9 Å². The average Bonchev–Trinajstić information content (AvgIpc) is 2.80. The number of carbonyl (C=O) groups excluding carboxylic acids is 1. The van der Waals surface area contributed by atoms with E-state index in [0.717, 1.165) is 12.8 Å². The summed E-state index contributed by atoms with van der Waals surface area (Å²) in [5, 5.41) is 0. The molecule has 0 radical (unpaired) electrons. The van der Waals surface area contributed by atoms with Gasteiger partial charge in [-0.2, -0.15) is 0 Å². The van der Waals surface area contributed by atoms with E-state index in [2.05, 4.69) is 9.97 Å². The van der Waals surface area contributed by atoms with Crippen molar-refractivity contribution in [1.82, 2.24) is 9.97 Å². The van der Waals surface area contributed by atoms with E-state index < -0.39 is 0 Å². The van der Waals surface area contributed by atoms with E-state index in [1.807, 2.05) is 4.90 Å². The van der Waals surface area contributed by atoms with Gasteiger partial charge in [-0.25, -0.2) is 9.97 Å². The second-order valence-corrected chi connectivity index (χ2v) is 4.33. The monoisotopic (exact) mass is 235 g/mol. The summed E-state index contributed by atoms with van der Waals surface area (Å²) in [7, 11) is 0. The van der Waals surface area contributed by atoms with Crippen LogP contribution in [0.3, 0.4) is 0 Å². The molecule has 1 aliphatic rings. The molecule has 1 fully saturated rings. The van der Waals surface area contributed by atoms with Gasteiger partial charge in [-0.15, -0.1) is 0 Å². The van der Waals surface area contributed by atoms with Gasteiger partial charge < -0.3 is 16.4 Å². The highest BCUT2D eigenvalue weighted by Gasteiger charge is 2.25. The Morgan fingerprint density at radius 3 is 2.59 bits per heavy atom. The molecular formula is C11H17N5O. The van der Waals surface area contributed by atoms with Crippen molar-refractivity contribution in [2.24, 2.45) is 5.73 Å². The molecule has 17 heavy (non-hydrogen) atoms. The van der Waals surface area contributed by atoms with E-state index in [4.69, 9.17) is 11.5 Å². The summed E-state index contributed by atoms with van der Waals surface area (Å²) < 4.78 is 0. The first kappa shape index (κ1) is 11.6. The summed E-state index contributed by atoms with van der Waals surface area (Å²) in [6.07, 6.45) is 7.60. The molecule has 0 saturated heterocycles. The smallest absolute Gasteiger partial charge is 0.237 e. The minimum atomic E-state index is -0.351. The lowest BCUT2D eigenvalue weighted by Gasteiger charge is -2.28. The third-order valence-corrected chi connectivity index (χ3v) is 3.04. The van der Waals surface area contributed by atoms with E-state index in [9.17, 15) is 4.79 Å². The van der Waals surface area contributed by atoms with E-state index in [1.165, 1.54) is 19.0 Å². The lowest BCUT2D eigenvalue weighted by molar-refractivity contribution is -0.116. The molecule has 0 bridgehead atoms. The number of rotatable bonds is 4. The molecule has 1 amide bonds. The number of hydrogen-bond donors (Lipinski definition) is 2. The summed E-state index contributed by atoms with van der Waals surface area (Å²) in [4.78, 5) is 21.3. The molecule has 4 N–H and O–H groups in total. The number of nitrogens with two attached hydrogens (primary N) is 2. The summed E-state index contributed by atoms with van der Waals surface area (Å²) >= 11 is 0. The van der Waals surface area contributed by atoms with E-state index >= 15 is 0 Å². The van der Waals surface area contributed by atoms with Gasteiger partial charge in [-0.3, -0.25) is 4.79 Å². The van der Waals surface area contributed by atoms with Crippen LogP contribution in [0.4, 0.5) is 11.6 Å². The van der Waals surface area contributed by atoms with Gasteiger partial charge in [0.15, 0.2) is 0 Å². The van der Waals surface area contributed by atoms with Gasteiger partial charge in [0, 0.05) is 6.04 Å². The molecule has 0 atom stereocenters. The Morgan fingerprint density at radius 1 is 1.35 bits per heavy atom. The van der Waals surface area contributed by atoms with Crippen LogP contribution in [0.2, 0.25) is 0 Å². The third kappa shape index (κ3) is 2.83. The van der Waals surface area contributed by atoms with Crippen molar-refractivity contribution in [3.05, 3.63) is 12.4 Å². The van der Waals surface area contributed by atoms with Crippen LogP contribution in [-0.4, -0.2) is 28.5 Å². The maximum atomic E-state index is 11.1. The predicted octanol–water partition coefficient (Wildman–Crippen LogP) is 0.293. The molecule has 1 aromatic rings. The van der Waals surface area contributed by atoms with Crippen LogP contribution < -0.4 is 16.4 Å². The number of primary amides is 1. The highest BCUT2D eigenvalue weighted by atomic mass is 16.1. The SMILES string of the molecule is NC(=O)CN(c1cnc(N)cn1)C1CCCC1. The number of carbonyl (C=O) groups is 1. The van der Waals surface area contributed by atoms with Crippen molar-refractivity contribution in [1.29, 1.82) is 0 Å². The molecule has 0 spiro atoms. The number of nitrogens with zero attached hydrogens (tertiary/aromatic N) is 3. The van der Waals surface area contributed by atoms with Crippen molar-refractivity contribution in [3.63, 3.8) is 0 Å². The highest BCUT2D eigenvalue weighted by Crippen LogP contribution is 2.26. The molecular weight excluding hydrogens is 218 g/mol. The molecule has 2 rings (SSSR count). The second-order valence-electron chi connectivity index (χ2n) is 4.33. The minimum absolute atomic E-state index is 0.184. The van der Waals surface area contributed by atoms with Crippen LogP contribution >= 0.6 is 0 Å². The molecule has 6 heteroatoms. The average molecular weight is 235 g/mol. The summed E-state index contributed by atoms with van der Waals surface area (Å²) in [6, 6.07) is 0.334. The van der Waals surface area contributed by atoms with Crippen molar-refractivity contribution < 1.29 is 4.79 Å². The first-order chi connectivity index (χ1) is 8.16. The van der Waals surface area contributed by atoms with Crippen LogP contribution in [0.15, 0.2) is 12.4 Å². The van der Waals surface area contributed by atoms with Gasteiger partial charge in [-0.05, 0) is 12.8 Å². The van der Waals surface area contributed by atoms with Crippen molar-refractivity contribution in [2.45, 2.75) is 31.7 Å². The maximum Gasteiger partial charge on any atom is 0.237 e. The molecule has 0 aliphatic heterocycles. The van der Waals surface area contributed by atoms with Crippen molar-refractivity contribution in [2.75, 3.05) is 17.2 Å². The Bertz CT molecular complexity index is 385. The second kappa shape index (κ2) is 4.99. The van der Waals surface area contributed by atoms with E-state index in [-0.39, 0.29) is 12.5 Å². The normalized spacial score (nSPS) is 16.0. The zero-order valence-electron chi connectivity index (χ0n) is 9.67. The fourth-order valence-corrected chi connectivity index (χ4v) is 2.26. The summed E-state index contributed by atoms with van der Waals surface area (Å²) in [5.74, 6) is 0.694. The Kier molecular flexibility index (Phi) is 3.41. The topological polar surface area (TPSA) is 98.1 Å². The van der Waals surface area contributed by atoms with Crippen molar-refractivity contribution >= 4 is 17.5 Å². The van der Waals surface area contributed by atoms with Gasteiger partial charge in [-0.1, -0.05) is 12.8 Å². The molecule has 1 aromatic heterocycles. The predicted molar refractivity (Wildman–Crippen MR) is 65.2 cm³/mol. The van der Waals surface area contributed by atoms with E-state index in [1.54, 1.807) is 6.20 Å². The number of hydrogen-bond acceptors (Lipinski definition) is 5. The van der Waals surface area contributed by atoms with Crippen LogP contribution in [0.5, 0.6) is 0 Å². The van der Waals surface area contributed by atoms with Gasteiger partial charge in [0.2, 0.25) is 5.91 Å². The lowest BCUT2D eigenvalue weighted by atomic mass is 10.2. The Labute approximate surface area is 100 Å². The lowest BCUT2D eigenvalue weighted by Crippen LogP contribution is -2.40. The molecule has 0 aromatic carbocycles. The van der Waals surface area contributed by atoms with Crippen LogP contribution in [0.25, 0.3) is 0 Å². The van der Waals surface area contributed by atoms with Gasteiger partial charge in [0.1, 0.15) is 11.6 Å². The zero-order chi connectivity index (χ0) is 12.3. The number of amides is 1. The Hall–Kier alpha value is -1.85. The zero-order valence-corrected chi connectivity index (χ0v) is 9.67.